The lowest BCUT2D eigenvalue weighted by Gasteiger charge is -2.17. The van der Waals surface area contributed by atoms with E-state index >= 15 is 0 Å². The molecule has 0 radical (unpaired) electrons. The van der Waals surface area contributed by atoms with Gasteiger partial charge < -0.3 is 10.4 Å². The lowest BCUT2D eigenvalue weighted by Crippen LogP contribution is -2.36. The minimum absolute atomic E-state index is 0.0832. The largest absolute Gasteiger partial charge is 0.478 e. The van der Waals surface area contributed by atoms with Crippen molar-refractivity contribution < 1.29 is 19.1 Å². The van der Waals surface area contributed by atoms with Crippen LogP contribution in [0.5, 0.6) is 0 Å². The van der Waals surface area contributed by atoms with Crippen molar-refractivity contribution in [1.82, 2.24) is 5.32 Å². The summed E-state index contributed by atoms with van der Waals surface area (Å²) in [5.41, 5.74) is 0.362. The molecule has 0 fully saturated rings. The van der Waals surface area contributed by atoms with Gasteiger partial charge in [0.2, 0.25) is 0 Å². The smallest absolute Gasteiger partial charge is 0.328 e. The van der Waals surface area contributed by atoms with Crippen molar-refractivity contribution in [1.29, 1.82) is 0 Å². The molecule has 0 bridgehead atoms. The normalized spacial score (nSPS) is 12.7. The Bertz CT molecular complexity index is 538. The molecule has 1 aromatic rings. The number of carbonyl (C=O) groups is 2. The predicted octanol–water partition coefficient (Wildman–Crippen LogP) is 2.70. The number of halogens is 1. The van der Waals surface area contributed by atoms with Crippen LogP contribution in [-0.2, 0) is 4.79 Å². The zero-order chi connectivity index (χ0) is 15.3. The van der Waals surface area contributed by atoms with Crippen LogP contribution in [0.2, 0.25) is 0 Å². The van der Waals surface area contributed by atoms with Crippen LogP contribution in [0.25, 0.3) is 6.08 Å². The summed E-state index contributed by atoms with van der Waals surface area (Å²) in [7, 11) is 0. The Balaban J connectivity index is 2.96. The molecule has 5 heteroatoms. The van der Waals surface area contributed by atoms with Crippen LogP contribution in [0.3, 0.4) is 0 Å². The van der Waals surface area contributed by atoms with Gasteiger partial charge in [-0.3, -0.25) is 4.79 Å². The molecule has 0 aliphatic rings. The first kappa shape index (κ1) is 15.9. The summed E-state index contributed by atoms with van der Waals surface area (Å²) in [5.74, 6) is -2.01. The molecule has 1 amide bonds. The lowest BCUT2D eigenvalue weighted by atomic mass is 10.0. The van der Waals surface area contributed by atoms with Crippen LogP contribution in [-0.4, -0.2) is 23.0 Å². The molecule has 0 aliphatic heterocycles. The Labute approximate surface area is 117 Å². The second-order valence-corrected chi connectivity index (χ2v) is 4.92. The zero-order valence-electron chi connectivity index (χ0n) is 11.7. The maximum atomic E-state index is 13.7. The van der Waals surface area contributed by atoms with E-state index < -0.39 is 17.7 Å². The van der Waals surface area contributed by atoms with Gasteiger partial charge in [-0.15, -0.1) is 0 Å². The van der Waals surface area contributed by atoms with Gasteiger partial charge in [0.05, 0.1) is 5.56 Å². The van der Waals surface area contributed by atoms with E-state index in [0.29, 0.717) is 5.56 Å². The van der Waals surface area contributed by atoms with E-state index in [2.05, 4.69) is 5.32 Å². The summed E-state index contributed by atoms with van der Waals surface area (Å²) in [6.45, 7) is 5.75. The molecule has 1 atom stereocenters. The van der Waals surface area contributed by atoms with E-state index in [0.717, 1.165) is 12.1 Å². The molecule has 0 aliphatic carbocycles. The molecule has 4 nitrogen and oxygen atoms in total. The second kappa shape index (κ2) is 6.84. The van der Waals surface area contributed by atoms with Crippen molar-refractivity contribution in [3.8, 4) is 0 Å². The molecule has 20 heavy (non-hydrogen) atoms. The Hall–Kier alpha value is -2.17. The summed E-state index contributed by atoms with van der Waals surface area (Å²) in [5, 5.41) is 11.3. The number of amides is 1. The number of hydrogen-bond donors (Lipinski definition) is 2. The Morgan fingerprint density at radius 1 is 1.30 bits per heavy atom. The van der Waals surface area contributed by atoms with Gasteiger partial charge in [0.25, 0.3) is 5.91 Å². The summed E-state index contributed by atoms with van der Waals surface area (Å²) in [6, 6.07) is 3.81. The van der Waals surface area contributed by atoms with Crippen molar-refractivity contribution in [3.05, 3.63) is 41.2 Å². The minimum atomic E-state index is -1.10. The van der Waals surface area contributed by atoms with E-state index in [4.69, 9.17) is 5.11 Å². The first-order valence-electron chi connectivity index (χ1n) is 6.32. The molecule has 0 spiro atoms. The number of carboxylic acids is 1. The molecule has 0 aromatic heterocycles. The van der Waals surface area contributed by atoms with Crippen LogP contribution in [0, 0.1) is 11.7 Å². The second-order valence-electron chi connectivity index (χ2n) is 4.92. The average molecular weight is 279 g/mol. The molecule has 0 saturated carbocycles. The van der Waals surface area contributed by atoms with E-state index in [1.807, 2.05) is 20.8 Å². The van der Waals surface area contributed by atoms with E-state index in [9.17, 15) is 14.0 Å². The Morgan fingerprint density at radius 3 is 2.50 bits per heavy atom. The quantitative estimate of drug-likeness (QED) is 0.814. The van der Waals surface area contributed by atoms with Gasteiger partial charge in [-0.25, -0.2) is 9.18 Å². The molecule has 2 N–H and O–H groups in total. The first-order chi connectivity index (χ1) is 9.31. The third kappa shape index (κ3) is 4.50. The molecule has 0 heterocycles. The van der Waals surface area contributed by atoms with Crippen molar-refractivity contribution in [2.75, 3.05) is 0 Å². The topological polar surface area (TPSA) is 66.4 Å². The van der Waals surface area contributed by atoms with Crippen molar-refractivity contribution in [3.63, 3.8) is 0 Å². The van der Waals surface area contributed by atoms with E-state index in [1.165, 1.54) is 18.2 Å². The monoisotopic (exact) mass is 279 g/mol. The lowest BCUT2D eigenvalue weighted by molar-refractivity contribution is -0.131. The van der Waals surface area contributed by atoms with Gasteiger partial charge in [-0.05, 0) is 36.6 Å². The molecular weight excluding hydrogens is 261 g/mol. The van der Waals surface area contributed by atoms with Crippen LogP contribution in [0.15, 0.2) is 24.3 Å². The molecular formula is C15H18FNO3. The highest BCUT2D eigenvalue weighted by atomic mass is 19.1. The summed E-state index contributed by atoms with van der Waals surface area (Å²) < 4.78 is 13.7. The van der Waals surface area contributed by atoms with Gasteiger partial charge in [0, 0.05) is 12.1 Å². The van der Waals surface area contributed by atoms with Gasteiger partial charge in [-0.1, -0.05) is 19.9 Å². The fourth-order valence-electron chi connectivity index (χ4n) is 1.44. The predicted molar refractivity (Wildman–Crippen MR) is 74.8 cm³/mol. The standard InChI is InChI=1S/C15H18FNO3/c1-9(2)10(3)17-15(20)12-8-11(4-6-13(12)16)5-7-14(18)19/h4-10H,1-3H3,(H,17,20)(H,18,19). The molecule has 1 unspecified atom stereocenters. The zero-order valence-corrected chi connectivity index (χ0v) is 11.7. The van der Waals surface area contributed by atoms with E-state index in [-0.39, 0.29) is 17.5 Å². The molecule has 0 saturated heterocycles. The number of benzene rings is 1. The fourth-order valence-corrected chi connectivity index (χ4v) is 1.44. The Morgan fingerprint density at radius 2 is 1.95 bits per heavy atom. The number of nitrogens with one attached hydrogen (secondary N) is 1. The third-order valence-corrected chi connectivity index (χ3v) is 3.01. The highest BCUT2D eigenvalue weighted by molar-refractivity contribution is 5.95. The van der Waals surface area contributed by atoms with Gasteiger partial charge >= 0.3 is 5.97 Å². The summed E-state index contributed by atoms with van der Waals surface area (Å²) in [6.07, 6.45) is 2.25. The van der Waals surface area contributed by atoms with Gasteiger partial charge in [0.15, 0.2) is 0 Å². The minimum Gasteiger partial charge on any atom is -0.478 e. The number of carboxylic acid groups (broad SMARTS) is 1. The van der Waals surface area contributed by atoms with Gasteiger partial charge in [0.1, 0.15) is 5.82 Å². The number of carbonyl (C=O) groups excluding carboxylic acids is 1. The highest BCUT2D eigenvalue weighted by Gasteiger charge is 2.16. The van der Waals surface area contributed by atoms with Crippen LogP contribution in [0.1, 0.15) is 36.7 Å². The van der Waals surface area contributed by atoms with E-state index in [1.54, 1.807) is 0 Å². The van der Waals surface area contributed by atoms with Crippen molar-refractivity contribution in [2.24, 2.45) is 5.92 Å². The summed E-state index contributed by atoms with van der Waals surface area (Å²) >= 11 is 0. The molecule has 1 rings (SSSR count). The molecule has 1 aromatic carbocycles. The van der Waals surface area contributed by atoms with Crippen LogP contribution >= 0.6 is 0 Å². The number of hydrogen-bond acceptors (Lipinski definition) is 2. The van der Waals surface area contributed by atoms with Crippen LogP contribution in [0.4, 0.5) is 4.39 Å². The number of rotatable bonds is 5. The highest BCUT2D eigenvalue weighted by Crippen LogP contribution is 2.13. The fraction of sp³-hybridized carbons (Fsp3) is 0.333. The van der Waals surface area contributed by atoms with Crippen LogP contribution < -0.4 is 5.32 Å². The molecule has 108 valence electrons. The third-order valence-electron chi connectivity index (χ3n) is 3.01. The maximum absolute atomic E-state index is 13.7. The number of aliphatic carboxylic acids is 1. The van der Waals surface area contributed by atoms with Gasteiger partial charge in [-0.2, -0.15) is 0 Å². The first-order valence-corrected chi connectivity index (χ1v) is 6.32. The average Bonchev–Trinajstić information content (AvgIpc) is 2.37. The van der Waals surface area contributed by atoms with Crippen molar-refractivity contribution >= 4 is 18.0 Å². The summed E-state index contributed by atoms with van der Waals surface area (Å²) in [4.78, 5) is 22.4. The SMILES string of the molecule is CC(C)C(C)NC(=O)c1cc(C=CC(=O)O)ccc1F. The Kier molecular flexibility index (Phi) is 5.43. The van der Waals surface area contributed by atoms with Crippen molar-refractivity contribution in [2.45, 2.75) is 26.8 Å². The maximum Gasteiger partial charge on any atom is 0.328 e.